The number of carbonyl (C=O) groups excluding carboxylic acids is 2. The fraction of sp³-hybridized carbons (Fsp3) is 0.467. The van der Waals surface area contributed by atoms with Crippen LogP contribution in [0, 0.1) is 5.92 Å². The number of nitrogens with one attached hydrogen (secondary N) is 1. The second-order valence-electron chi connectivity index (χ2n) is 5.01. The Balaban J connectivity index is 1.91. The molecule has 1 unspecified atom stereocenters. The number of rotatable bonds is 6. The number of carbonyl (C=O) groups is 2. The minimum absolute atomic E-state index is 0.0445. The standard InChI is InChI=1S/C15H20N2O4/c1-20-10-14(18)16-8-11-7-15(19)17(9-11)12-3-5-13(21-2)6-4-12/h3-6,11H,7-10H2,1-2H3,(H,16,18). The van der Waals surface area contributed by atoms with E-state index in [1.54, 1.807) is 12.0 Å². The Hall–Kier alpha value is -2.08. The lowest BCUT2D eigenvalue weighted by Gasteiger charge is -2.17. The third-order valence-corrected chi connectivity index (χ3v) is 3.45. The molecule has 1 saturated heterocycles. The summed E-state index contributed by atoms with van der Waals surface area (Å²) in [7, 11) is 3.08. The van der Waals surface area contributed by atoms with Gasteiger partial charge in [-0.2, -0.15) is 0 Å². The van der Waals surface area contributed by atoms with Crippen molar-refractivity contribution in [2.45, 2.75) is 6.42 Å². The third kappa shape index (κ3) is 3.95. The van der Waals surface area contributed by atoms with E-state index in [2.05, 4.69) is 5.32 Å². The van der Waals surface area contributed by atoms with Gasteiger partial charge < -0.3 is 19.7 Å². The molecule has 1 heterocycles. The molecule has 1 aromatic rings. The number of hydrogen-bond acceptors (Lipinski definition) is 4. The van der Waals surface area contributed by atoms with Crippen LogP contribution in [0.15, 0.2) is 24.3 Å². The number of benzene rings is 1. The Morgan fingerprint density at radius 3 is 2.67 bits per heavy atom. The van der Waals surface area contributed by atoms with Crippen molar-refractivity contribution >= 4 is 17.5 Å². The van der Waals surface area contributed by atoms with Gasteiger partial charge in [0.05, 0.1) is 7.11 Å². The summed E-state index contributed by atoms with van der Waals surface area (Å²) in [6.07, 6.45) is 0.444. The van der Waals surface area contributed by atoms with E-state index in [1.165, 1.54) is 7.11 Å². The minimum Gasteiger partial charge on any atom is -0.497 e. The highest BCUT2D eigenvalue weighted by atomic mass is 16.5. The fourth-order valence-corrected chi connectivity index (χ4v) is 2.37. The summed E-state index contributed by atoms with van der Waals surface area (Å²) < 4.78 is 9.86. The van der Waals surface area contributed by atoms with Crippen molar-refractivity contribution in [3.8, 4) is 5.75 Å². The van der Waals surface area contributed by atoms with Crippen LogP contribution in [0.3, 0.4) is 0 Å². The number of methoxy groups -OCH3 is 2. The van der Waals surface area contributed by atoms with Gasteiger partial charge in [0.1, 0.15) is 12.4 Å². The van der Waals surface area contributed by atoms with Crippen molar-refractivity contribution in [2.75, 3.05) is 38.8 Å². The maximum Gasteiger partial charge on any atom is 0.245 e. The molecule has 0 saturated carbocycles. The first-order chi connectivity index (χ1) is 10.1. The molecule has 2 rings (SSSR count). The second-order valence-corrected chi connectivity index (χ2v) is 5.01. The van der Waals surface area contributed by atoms with Gasteiger partial charge in [-0.1, -0.05) is 0 Å². The molecule has 1 aliphatic heterocycles. The highest BCUT2D eigenvalue weighted by Crippen LogP contribution is 2.26. The minimum atomic E-state index is -0.159. The van der Waals surface area contributed by atoms with Gasteiger partial charge in [-0.25, -0.2) is 0 Å². The summed E-state index contributed by atoms with van der Waals surface area (Å²) in [4.78, 5) is 25.2. The van der Waals surface area contributed by atoms with Crippen LogP contribution in [0.1, 0.15) is 6.42 Å². The van der Waals surface area contributed by atoms with Crippen LogP contribution in [0.5, 0.6) is 5.75 Å². The summed E-state index contributed by atoms with van der Waals surface area (Å²) in [6, 6.07) is 7.39. The van der Waals surface area contributed by atoms with Crippen LogP contribution < -0.4 is 15.0 Å². The van der Waals surface area contributed by atoms with E-state index in [9.17, 15) is 9.59 Å². The molecular formula is C15H20N2O4. The first kappa shape index (κ1) is 15.3. The molecule has 1 fully saturated rings. The van der Waals surface area contributed by atoms with Crippen LogP contribution in [0.2, 0.25) is 0 Å². The first-order valence-corrected chi connectivity index (χ1v) is 6.84. The van der Waals surface area contributed by atoms with E-state index in [0.29, 0.717) is 19.5 Å². The molecule has 1 atom stereocenters. The Bertz CT molecular complexity index is 501. The summed E-state index contributed by atoms with van der Waals surface area (Å²) in [5, 5.41) is 2.77. The lowest BCUT2D eigenvalue weighted by atomic mass is 10.1. The lowest BCUT2D eigenvalue weighted by Crippen LogP contribution is -2.33. The second kappa shape index (κ2) is 7.08. The highest BCUT2D eigenvalue weighted by molar-refractivity contribution is 5.95. The number of nitrogens with zero attached hydrogens (tertiary/aromatic N) is 1. The van der Waals surface area contributed by atoms with Gasteiger partial charge in [0, 0.05) is 38.2 Å². The Labute approximate surface area is 124 Å². The van der Waals surface area contributed by atoms with E-state index < -0.39 is 0 Å². The van der Waals surface area contributed by atoms with Crippen LogP contribution in [0.25, 0.3) is 0 Å². The molecule has 0 bridgehead atoms. The van der Waals surface area contributed by atoms with E-state index in [4.69, 9.17) is 9.47 Å². The molecule has 21 heavy (non-hydrogen) atoms. The quantitative estimate of drug-likeness (QED) is 0.842. The first-order valence-electron chi connectivity index (χ1n) is 6.84. The maximum atomic E-state index is 12.1. The topological polar surface area (TPSA) is 67.9 Å². The number of hydrogen-bond donors (Lipinski definition) is 1. The van der Waals surface area contributed by atoms with Gasteiger partial charge in [0.15, 0.2) is 0 Å². The monoisotopic (exact) mass is 292 g/mol. The van der Waals surface area contributed by atoms with Gasteiger partial charge in [-0.3, -0.25) is 9.59 Å². The van der Waals surface area contributed by atoms with Gasteiger partial charge in [0.2, 0.25) is 11.8 Å². The van der Waals surface area contributed by atoms with Crippen molar-refractivity contribution in [3.05, 3.63) is 24.3 Å². The zero-order valence-electron chi connectivity index (χ0n) is 12.3. The Morgan fingerprint density at radius 1 is 1.33 bits per heavy atom. The van der Waals surface area contributed by atoms with Crippen molar-refractivity contribution in [1.29, 1.82) is 0 Å². The molecule has 2 amide bonds. The van der Waals surface area contributed by atoms with Crippen LogP contribution in [-0.4, -0.2) is 45.7 Å². The van der Waals surface area contributed by atoms with Crippen LogP contribution >= 0.6 is 0 Å². The molecular weight excluding hydrogens is 272 g/mol. The van der Waals surface area contributed by atoms with Gasteiger partial charge >= 0.3 is 0 Å². The normalized spacial score (nSPS) is 17.9. The summed E-state index contributed by atoms with van der Waals surface area (Å²) in [5.74, 6) is 0.799. The van der Waals surface area contributed by atoms with Crippen LogP contribution in [-0.2, 0) is 14.3 Å². The van der Waals surface area contributed by atoms with Gasteiger partial charge in [-0.15, -0.1) is 0 Å². The highest BCUT2D eigenvalue weighted by Gasteiger charge is 2.30. The predicted molar refractivity (Wildman–Crippen MR) is 78.3 cm³/mol. The third-order valence-electron chi connectivity index (χ3n) is 3.45. The van der Waals surface area contributed by atoms with Gasteiger partial charge in [-0.05, 0) is 24.3 Å². The van der Waals surface area contributed by atoms with E-state index in [-0.39, 0.29) is 24.3 Å². The van der Waals surface area contributed by atoms with Crippen molar-refractivity contribution in [2.24, 2.45) is 5.92 Å². The SMILES string of the molecule is COCC(=O)NCC1CC(=O)N(c2ccc(OC)cc2)C1. The Kier molecular flexibility index (Phi) is 5.16. The molecule has 6 nitrogen and oxygen atoms in total. The number of anilines is 1. The average molecular weight is 292 g/mol. The molecule has 6 heteroatoms. The maximum absolute atomic E-state index is 12.1. The predicted octanol–water partition coefficient (Wildman–Crippen LogP) is 0.811. The molecule has 1 aliphatic rings. The molecule has 114 valence electrons. The average Bonchev–Trinajstić information content (AvgIpc) is 2.87. The van der Waals surface area contributed by atoms with Crippen molar-refractivity contribution in [3.63, 3.8) is 0 Å². The smallest absolute Gasteiger partial charge is 0.245 e. The number of ether oxygens (including phenoxy) is 2. The summed E-state index contributed by atoms with van der Waals surface area (Å²) >= 11 is 0. The largest absolute Gasteiger partial charge is 0.497 e. The summed E-state index contributed by atoms with van der Waals surface area (Å²) in [6.45, 7) is 1.14. The molecule has 0 spiro atoms. The van der Waals surface area contributed by atoms with Crippen molar-refractivity contribution in [1.82, 2.24) is 5.32 Å². The lowest BCUT2D eigenvalue weighted by molar-refractivity contribution is -0.125. The molecule has 1 N–H and O–H groups in total. The fourth-order valence-electron chi connectivity index (χ4n) is 2.37. The van der Waals surface area contributed by atoms with Crippen molar-refractivity contribution < 1.29 is 19.1 Å². The molecule has 0 aliphatic carbocycles. The number of amides is 2. The van der Waals surface area contributed by atoms with E-state index in [1.807, 2.05) is 24.3 Å². The molecule has 1 aromatic carbocycles. The van der Waals surface area contributed by atoms with E-state index in [0.717, 1.165) is 11.4 Å². The molecule has 0 aromatic heterocycles. The zero-order valence-corrected chi connectivity index (χ0v) is 12.3. The van der Waals surface area contributed by atoms with E-state index >= 15 is 0 Å². The summed E-state index contributed by atoms with van der Waals surface area (Å²) in [5.41, 5.74) is 0.853. The Morgan fingerprint density at radius 2 is 2.05 bits per heavy atom. The zero-order chi connectivity index (χ0) is 15.2. The molecule has 0 radical (unpaired) electrons. The van der Waals surface area contributed by atoms with Gasteiger partial charge in [0.25, 0.3) is 0 Å². The van der Waals surface area contributed by atoms with Crippen LogP contribution in [0.4, 0.5) is 5.69 Å².